The zero-order valence-electron chi connectivity index (χ0n) is 17.3. The zero-order chi connectivity index (χ0) is 21.6. The minimum atomic E-state index is 0.384. The summed E-state index contributed by atoms with van der Waals surface area (Å²) < 4.78 is 11.5. The highest BCUT2D eigenvalue weighted by molar-refractivity contribution is 7.80. The Morgan fingerprint density at radius 1 is 1.20 bits per heavy atom. The van der Waals surface area contributed by atoms with Gasteiger partial charge in [0, 0.05) is 30.9 Å². The van der Waals surface area contributed by atoms with Gasteiger partial charge in [0.1, 0.15) is 12.4 Å². The summed E-state index contributed by atoms with van der Waals surface area (Å²) in [6.07, 6.45) is 9.68. The Labute approximate surface area is 184 Å². The van der Waals surface area contributed by atoms with Crippen LogP contribution in [0.2, 0.25) is 0 Å². The number of nitrogens with zero attached hydrogens (tertiary/aromatic N) is 1. The maximum absolute atomic E-state index is 6.10. The second kappa shape index (κ2) is 13.2. The summed E-state index contributed by atoms with van der Waals surface area (Å²) in [5.74, 6) is 0.782. The van der Waals surface area contributed by atoms with Crippen molar-refractivity contribution in [1.29, 1.82) is 0 Å². The van der Waals surface area contributed by atoms with E-state index in [1.807, 2.05) is 67.6 Å². The van der Waals surface area contributed by atoms with Crippen molar-refractivity contribution in [3.63, 3.8) is 0 Å². The molecule has 2 aromatic carbocycles. The fourth-order valence-corrected chi connectivity index (χ4v) is 2.97. The van der Waals surface area contributed by atoms with Crippen molar-refractivity contribution in [2.75, 3.05) is 13.2 Å². The number of hydrogen-bond donors (Lipinski definition) is 1. The van der Waals surface area contributed by atoms with Crippen LogP contribution in [0.4, 0.5) is 0 Å². The molecule has 0 bridgehead atoms. The summed E-state index contributed by atoms with van der Waals surface area (Å²) in [4.78, 5) is 4.05. The predicted molar refractivity (Wildman–Crippen MR) is 130 cm³/mol. The fraction of sp³-hybridized carbons (Fsp3) is 0.200. The molecular formula is C25H28N2O2S. The second-order valence-corrected chi connectivity index (χ2v) is 6.84. The molecule has 0 saturated heterocycles. The van der Waals surface area contributed by atoms with Gasteiger partial charge in [-0.05, 0) is 48.0 Å². The van der Waals surface area contributed by atoms with Gasteiger partial charge in [0.2, 0.25) is 0 Å². The largest absolute Gasteiger partial charge is 0.489 e. The Hall–Kier alpha value is -3.02. The molecule has 5 heteroatoms. The van der Waals surface area contributed by atoms with E-state index in [2.05, 4.69) is 17.6 Å². The summed E-state index contributed by atoms with van der Waals surface area (Å²) in [6, 6.07) is 16.0. The van der Waals surface area contributed by atoms with Crippen molar-refractivity contribution in [1.82, 2.24) is 0 Å². The normalized spacial score (nSPS) is 11.7. The van der Waals surface area contributed by atoms with Crippen LogP contribution in [0.25, 0.3) is 6.08 Å². The Morgan fingerprint density at radius 3 is 2.80 bits per heavy atom. The molecular weight excluding hydrogens is 392 g/mol. The average Bonchev–Trinajstić information content (AvgIpc) is 2.76. The summed E-state index contributed by atoms with van der Waals surface area (Å²) in [5.41, 5.74) is 9.85. The maximum atomic E-state index is 6.10. The van der Waals surface area contributed by atoms with Gasteiger partial charge in [0.05, 0.1) is 6.61 Å². The minimum absolute atomic E-state index is 0.384. The minimum Gasteiger partial charge on any atom is -0.489 e. The van der Waals surface area contributed by atoms with E-state index >= 15 is 0 Å². The first-order valence-electron chi connectivity index (χ1n) is 9.83. The molecule has 0 aromatic heterocycles. The maximum Gasteiger partial charge on any atom is 0.164 e. The number of allylic oxidation sites excluding steroid dienone is 1. The van der Waals surface area contributed by atoms with E-state index in [4.69, 9.17) is 27.4 Å². The van der Waals surface area contributed by atoms with Crippen LogP contribution >= 0.6 is 12.2 Å². The van der Waals surface area contributed by atoms with E-state index in [1.54, 1.807) is 6.21 Å². The van der Waals surface area contributed by atoms with Crippen molar-refractivity contribution in [2.45, 2.75) is 19.9 Å². The van der Waals surface area contributed by atoms with E-state index in [9.17, 15) is 0 Å². The molecule has 0 saturated carbocycles. The summed E-state index contributed by atoms with van der Waals surface area (Å²) in [6.45, 7) is 6.99. The molecule has 0 aliphatic rings. The Kier molecular flexibility index (Phi) is 10.3. The first-order valence-corrected chi connectivity index (χ1v) is 10.2. The van der Waals surface area contributed by atoms with E-state index in [-0.39, 0.29) is 0 Å². The average molecular weight is 421 g/mol. The third-order valence-electron chi connectivity index (χ3n) is 4.16. The van der Waals surface area contributed by atoms with Gasteiger partial charge in [-0.3, -0.25) is 4.99 Å². The molecule has 0 radical (unpaired) electrons. The first kappa shape index (κ1) is 23.3. The van der Waals surface area contributed by atoms with Gasteiger partial charge >= 0.3 is 0 Å². The molecule has 2 aromatic rings. The lowest BCUT2D eigenvalue weighted by atomic mass is 10.1. The van der Waals surface area contributed by atoms with Crippen LogP contribution < -0.4 is 10.5 Å². The van der Waals surface area contributed by atoms with E-state index in [0.717, 1.165) is 28.0 Å². The molecule has 156 valence electrons. The molecule has 0 atom stereocenters. The van der Waals surface area contributed by atoms with Gasteiger partial charge in [-0.2, -0.15) is 0 Å². The molecule has 0 aliphatic carbocycles. The Bertz CT molecular complexity index is 932. The number of rotatable bonds is 11. The van der Waals surface area contributed by atoms with Crippen LogP contribution in [0.1, 0.15) is 23.6 Å². The predicted octanol–water partition coefficient (Wildman–Crippen LogP) is 5.28. The molecule has 0 amide bonds. The summed E-state index contributed by atoms with van der Waals surface area (Å²) in [7, 11) is 0. The third-order valence-corrected chi connectivity index (χ3v) is 4.43. The molecule has 0 heterocycles. The van der Waals surface area contributed by atoms with Gasteiger partial charge in [0.25, 0.3) is 0 Å². The zero-order valence-corrected chi connectivity index (χ0v) is 18.1. The van der Waals surface area contributed by atoms with Crippen molar-refractivity contribution in [3.05, 3.63) is 95.7 Å². The monoisotopic (exact) mass is 420 g/mol. The number of hydrogen-bond acceptors (Lipinski definition) is 5. The van der Waals surface area contributed by atoms with Crippen LogP contribution in [0, 0.1) is 0 Å². The van der Waals surface area contributed by atoms with Crippen molar-refractivity contribution >= 4 is 29.6 Å². The molecule has 30 heavy (non-hydrogen) atoms. The molecule has 0 unspecified atom stereocenters. The molecule has 0 aliphatic heterocycles. The van der Waals surface area contributed by atoms with Gasteiger partial charge in [-0.25, -0.2) is 0 Å². The highest BCUT2D eigenvalue weighted by Crippen LogP contribution is 2.20. The van der Waals surface area contributed by atoms with Gasteiger partial charge in [0.15, 0.2) is 5.05 Å². The standard InChI is InChI=1S/C25H28N2O2S/c1-3-27-15-14-21(13-12-20-8-7-9-22(16-20)18-26)19-29-24-11-6-5-10-23(24)17-25(30)28-4-2/h3,5-16H,1,4,17-19,26H2,2H3/b13-12+,21-14+,27-15+. The number of ether oxygens (including phenoxy) is 2. The SMILES string of the molecule is C=C/N=C/C=C(\C=C\c1cccc(CN)c1)COc1ccccc1CC(=S)OCC. The van der Waals surface area contributed by atoms with Crippen molar-refractivity contribution in [3.8, 4) is 5.75 Å². The smallest absolute Gasteiger partial charge is 0.164 e. The summed E-state index contributed by atoms with van der Waals surface area (Å²) >= 11 is 5.28. The molecule has 0 fully saturated rings. The van der Waals surface area contributed by atoms with Crippen molar-refractivity contribution < 1.29 is 9.47 Å². The van der Waals surface area contributed by atoms with E-state index in [1.165, 1.54) is 6.20 Å². The van der Waals surface area contributed by atoms with Gasteiger partial charge in [-0.1, -0.05) is 61.2 Å². The molecule has 2 rings (SSSR count). The third kappa shape index (κ3) is 8.15. The summed E-state index contributed by atoms with van der Waals surface area (Å²) in [5, 5.41) is 0.558. The number of thiocarbonyl (C=S) groups is 1. The number of para-hydroxylation sites is 1. The van der Waals surface area contributed by atoms with Crippen LogP contribution in [-0.4, -0.2) is 24.5 Å². The fourth-order valence-electron chi connectivity index (χ4n) is 2.70. The number of nitrogens with two attached hydrogens (primary N) is 1. The van der Waals surface area contributed by atoms with Crippen LogP contribution in [-0.2, 0) is 17.7 Å². The Morgan fingerprint density at radius 2 is 2.03 bits per heavy atom. The lowest BCUT2D eigenvalue weighted by Gasteiger charge is -2.12. The van der Waals surface area contributed by atoms with E-state index in [0.29, 0.717) is 31.2 Å². The number of benzene rings is 2. The van der Waals surface area contributed by atoms with E-state index < -0.39 is 0 Å². The lowest BCUT2D eigenvalue weighted by molar-refractivity contribution is 0.326. The van der Waals surface area contributed by atoms with Crippen molar-refractivity contribution in [2.24, 2.45) is 10.7 Å². The number of aliphatic imine (C=N–C) groups is 1. The van der Waals surface area contributed by atoms with Crippen LogP contribution in [0.5, 0.6) is 5.75 Å². The van der Waals surface area contributed by atoms with Crippen LogP contribution in [0.15, 0.2) is 84.0 Å². The quantitative estimate of drug-likeness (QED) is 0.305. The second-order valence-electron chi connectivity index (χ2n) is 6.38. The topological polar surface area (TPSA) is 56.8 Å². The molecule has 0 spiro atoms. The molecule has 4 nitrogen and oxygen atoms in total. The lowest BCUT2D eigenvalue weighted by Crippen LogP contribution is -2.08. The highest BCUT2D eigenvalue weighted by Gasteiger charge is 2.07. The van der Waals surface area contributed by atoms with Gasteiger partial charge < -0.3 is 15.2 Å². The van der Waals surface area contributed by atoms with Gasteiger partial charge in [-0.15, -0.1) is 0 Å². The molecule has 2 N–H and O–H groups in total. The first-order chi connectivity index (χ1) is 14.7. The highest BCUT2D eigenvalue weighted by atomic mass is 32.1. The Balaban J connectivity index is 2.15. The van der Waals surface area contributed by atoms with Crippen LogP contribution in [0.3, 0.4) is 0 Å².